The summed E-state index contributed by atoms with van der Waals surface area (Å²) in [5, 5.41) is 2.80. The number of nitrogens with two attached hydrogens (primary N) is 1. The first-order chi connectivity index (χ1) is 6.15. The molecule has 0 unspecified atom stereocenters. The average Bonchev–Trinajstić information content (AvgIpc) is 2.15. The minimum atomic E-state index is -0.233. The van der Waals surface area contributed by atoms with Crippen molar-refractivity contribution < 1.29 is 4.39 Å². The van der Waals surface area contributed by atoms with Crippen LogP contribution in [0.4, 0.5) is 15.8 Å². The fraction of sp³-hybridized carbons (Fsp3) is 0.400. The lowest BCUT2D eigenvalue weighted by Gasteiger charge is -2.05. The molecule has 2 nitrogen and oxygen atoms in total. The Morgan fingerprint density at radius 3 is 2.31 bits per heavy atom. The fourth-order valence-corrected chi connectivity index (χ4v) is 0.920. The molecule has 1 aromatic carbocycles. The van der Waals surface area contributed by atoms with E-state index in [9.17, 15) is 4.39 Å². The van der Waals surface area contributed by atoms with Crippen LogP contribution in [0.3, 0.4) is 0 Å². The van der Waals surface area contributed by atoms with Crippen LogP contribution in [-0.2, 0) is 0 Å². The summed E-state index contributed by atoms with van der Waals surface area (Å²) in [7, 11) is 1.71. The number of aryl methyl sites for hydroxylation is 1. The van der Waals surface area contributed by atoms with Crippen LogP contribution in [0.5, 0.6) is 0 Å². The molecule has 0 amide bonds. The van der Waals surface area contributed by atoms with Crippen molar-refractivity contribution in [2.45, 2.75) is 20.8 Å². The van der Waals surface area contributed by atoms with Crippen molar-refractivity contribution in [3.63, 3.8) is 0 Å². The van der Waals surface area contributed by atoms with Gasteiger partial charge in [-0.15, -0.1) is 0 Å². The quantitative estimate of drug-likeness (QED) is 0.658. The van der Waals surface area contributed by atoms with Gasteiger partial charge in [0, 0.05) is 7.05 Å². The molecule has 0 aliphatic heterocycles. The fourth-order valence-electron chi connectivity index (χ4n) is 0.920. The van der Waals surface area contributed by atoms with E-state index in [1.165, 1.54) is 6.07 Å². The first-order valence-corrected chi connectivity index (χ1v) is 4.38. The molecule has 0 saturated carbocycles. The summed E-state index contributed by atoms with van der Waals surface area (Å²) in [4.78, 5) is 0. The van der Waals surface area contributed by atoms with E-state index in [4.69, 9.17) is 5.73 Å². The lowest BCUT2D eigenvalue weighted by Crippen LogP contribution is -1.97. The molecule has 0 bridgehead atoms. The summed E-state index contributed by atoms with van der Waals surface area (Å²) in [5.74, 6) is -0.233. The molecular formula is C10H17FN2. The van der Waals surface area contributed by atoms with Gasteiger partial charge < -0.3 is 11.1 Å². The maximum atomic E-state index is 12.9. The first kappa shape index (κ1) is 11.8. The van der Waals surface area contributed by atoms with E-state index in [0.29, 0.717) is 16.9 Å². The molecule has 0 aliphatic carbocycles. The smallest absolute Gasteiger partial charge is 0.128 e. The van der Waals surface area contributed by atoms with Crippen LogP contribution in [-0.4, -0.2) is 7.05 Å². The van der Waals surface area contributed by atoms with E-state index >= 15 is 0 Å². The number of hydrogen-bond donors (Lipinski definition) is 2. The third-order valence-corrected chi connectivity index (χ3v) is 1.60. The van der Waals surface area contributed by atoms with Gasteiger partial charge in [0.05, 0.1) is 11.4 Å². The van der Waals surface area contributed by atoms with E-state index in [1.807, 2.05) is 13.8 Å². The third-order valence-electron chi connectivity index (χ3n) is 1.60. The van der Waals surface area contributed by atoms with Crippen molar-refractivity contribution in [2.24, 2.45) is 0 Å². The van der Waals surface area contributed by atoms with Gasteiger partial charge in [0.1, 0.15) is 5.82 Å². The second-order valence-corrected chi connectivity index (χ2v) is 2.44. The number of nitrogens with one attached hydrogen (secondary N) is 1. The third kappa shape index (κ3) is 2.93. The Morgan fingerprint density at radius 2 is 1.85 bits per heavy atom. The molecule has 13 heavy (non-hydrogen) atoms. The molecule has 0 spiro atoms. The van der Waals surface area contributed by atoms with Crippen LogP contribution in [0.25, 0.3) is 0 Å². The summed E-state index contributed by atoms with van der Waals surface area (Å²) < 4.78 is 12.9. The number of rotatable bonds is 1. The molecule has 0 aromatic heterocycles. The molecule has 1 aromatic rings. The topological polar surface area (TPSA) is 38.0 Å². The van der Waals surface area contributed by atoms with E-state index in [2.05, 4.69) is 5.32 Å². The van der Waals surface area contributed by atoms with Gasteiger partial charge in [-0.3, -0.25) is 0 Å². The van der Waals surface area contributed by atoms with Gasteiger partial charge in [-0.05, 0) is 24.6 Å². The molecule has 0 aliphatic rings. The zero-order valence-corrected chi connectivity index (χ0v) is 8.61. The Kier molecular flexibility index (Phi) is 4.89. The standard InChI is InChI=1S/C8H11FN2.C2H6/c1-5-3-7(10)8(11-2)4-6(5)9;1-2/h3-4,11H,10H2,1-2H3;1-2H3. The van der Waals surface area contributed by atoms with Gasteiger partial charge in [0.2, 0.25) is 0 Å². The average molecular weight is 184 g/mol. The highest BCUT2D eigenvalue weighted by Crippen LogP contribution is 2.21. The van der Waals surface area contributed by atoms with Crippen LogP contribution < -0.4 is 11.1 Å². The Morgan fingerprint density at radius 1 is 1.31 bits per heavy atom. The Balaban J connectivity index is 0.000000671. The van der Waals surface area contributed by atoms with Crippen LogP contribution in [0, 0.1) is 12.7 Å². The summed E-state index contributed by atoms with van der Waals surface area (Å²) in [5.41, 5.74) is 7.35. The number of anilines is 2. The number of nitrogen functional groups attached to an aromatic ring is 1. The van der Waals surface area contributed by atoms with Gasteiger partial charge in [-0.2, -0.15) is 0 Å². The van der Waals surface area contributed by atoms with Crippen molar-refractivity contribution in [1.29, 1.82) is 0 Å². The monoisotopic (exact) mass is 184 g/mol. The number of benzene rings is 1. The van der Waals surface area contributed by atoms with Crippen molar-refractivity contribution in [3.05, 3.63) is 23.5 Å². The largest absolute Gasteiger partial charge is 0.397 e. The molecule has 0 atom stereocenters. The summed E-state index contributed by atoms with van der Waals surface area (Å²) in [6.45, 7) is 5.69. The Hall–Kier alpha value is -1.25. The summed E-state index contributed by atoms with van der Waals surface area (Å²) in [6, 6.07) is 3.01. The first-order valence-electron chi connectivity index (χ1n) is 4.38. The van der Waals surface area contributed by atoms with Crippen LogP contribution in [0.2, 0.25) is 0 Å². The second kappa shape index (κ2) is 5.41. The highest BCUT2D eigenvalue weighted by molar-refractivity contribution is 5.66. The highest BCUT2D eigenvalue weighted by Gasteiger charge is 2.01. The normalized spacial score (nSPS) is 8.69. The lowest BCUT2D eigenvalue weighted by molar-refractivity contribution is 0.619. The molecule has 0 saturated heterocycles. The molecule has 3 N–H and O–H groups in total. The molecule has 3 heteroatoms. The zero-order chi connectivity index (χ0) is 10.4. The maximum Gasteiger partial charge on any atom is 0.128 e. The lowest BCUT2D eigenvalue weighted by atomic mass is 10.2. The minimum Gasteiger partial charge on any atom is -0.397 e. The predicted octanol–water partition coefficient (Wildman–Crippen LogP) is 2.78. The van der Waals surface area contributed by atoms with Gasteiger partial charge in [-0.25, -0.2) is 4.39 Å². The van der Waals surface area contributed by atoms with Gasteiger partial charge in [-0.1, -0.05) is 13.8 Å². The molecule has 0 heterocycles. The van der Waals surface area contributed by atoms with E-state index in [1.54, 1.807) is 20.0 Å². The van der Waals surface area contributed by atoms with Crippen LogP contribution >= 0.6 is 0 Å². The zero-order valence-electron chi connectivity index (χ0n) is 8.61. The molecule has 74 valence electrons. The van der Waals surface area contributed by atoms with Crippen LogP contribution in [0.1, 0.15) is 19.4 Å². The van der Waals surface area contributed by atoms with Crippen LogP contribution in [0.15, 0.2) is 12.1 Å². The number of halogens is 1. The van der Waals surface area contributed by atoms with Crippen molar-refractivity contribution >= 4 is 11.4 Å². The summed E-state index contributed by atoms with van der Waals surface area (Å²) in [6.07, 6.45) is 0. The Bertz CT molecular complexity index is 272. The number of hydrogen-bond acceptors (Lipinski definition) is 2. The molecular weight excluding hydrogens is 167 g/mol. The van der Waals surface area contributed by atoms with Gasteiger partial charge in [0.15, 0.2) is 0 Å². The summed E-state index contributed by atoms with van der Waals surface area (Å²) >= 11 is 0. The molecule has 1 rings (SSSR count). The van der Waals surface area contributed by atoms with Gasteiger partial charge >= 0.3 is 0 Å². The second-order valence-electron chi connectivity index (χ2n) is 2.44. The predicted molar refractivity (Wildman–Crippen MR) is 56.4 cm³/mol. The van der Waals surface area contributed by atoms with Crippen molar-refractivity contribution in [1.82, 2.24) is 0 Å². The van der Waals surface area contributed by atoms with E-state index < -0.39 is 0 Å². The Labute approximate surface area is 79.0 Å². The van der Waals surface area contributed by atoms with E-state index in [-0.39, 0.29) is 5.82 Å². The molecule has 0 radical (unpaired) electrons. The molecule has 0 fully saturated rings. The SMILES string of the molecule is CC.CNc1cc(F)c(C)cc1N. The van der Waals surface area contributed by atoms with Crippen molar-refractivity contribution in [2.75, 3.05) is 18.1 Å². The maximum absolute atomic E-state index is 12.9. The van der Waals surface area contributed by atoms with Crippen molar-refractivity contribution in [3.8, 4) is 0 Å². The minimum absolute atomic E-state index is 0.233. The van der Waals surface area contributed by atoms with Gasteiger partial charge in [0.25, 0.3) is 0 Å². The highest BCUT2D eigenvalue weighted by atomic mass is 19.1. The van der Waals surface area contributed by atoms with E-state index in [0.717, 1.165) is 0 Å².